The Hall–Kier alpha value is -9.67. The van der Waals surface area contributed by atoms with Crippen molar-refractivity contribution in [2.24, 2.45) is 0 Å². The van der Waals surface area contributed by atoms with Gasteiger partial charge in [-0.3, -0.25) is 4.57 Å². The van der Waals surface area contributed by atoms with Crippen molar-refractivity contribution in [3.8, 4) is 95.5 Å². The maximum absolute atomic E-state index is 10.4. The van der Waals surface area contributed by atoms with Gasteiger partial charge in [0.2, 0.25) is 0 Å². The second-order valence-electron chi connectivity index (χ2n) is 22.5. The Morgan fingerprint density at radius 3 is 1.69 bits per heavy atom. The van der Waals surface area contributed by atoms with Crippen molar-refractivity contribution < 1.29 is 66.0 Å². The molecule has 0 aliphatic heterocycles. The van der Waals surface area contributed by atoms with Crippen LogP contribution in [-0.4, -0.2) is 14.1 Å². The summed E-state index contributed by atoms with van der Waals surface area (Å²) in [6.07, 6.45) is 4.63. The summed E-state index contributed by atoms with van der Waals surface area (Å²) < 4.78 is 246. The second kappa shape index (κ2) is 23.0. The van der Waals surface area contributed by atoms with E-state index < -0.39 is 179 Å². The Morgan fingerprint density at radius 2 is 1.06 bits per heavy atom. The average Bonchev–Trinajstić information content (AvgIpc) is 1.66. The zero-order chi connectivity index (χ0) is 81.2. The van der Waals surface area contributed by atoms with Crippen molar-refractivity contribution >= 4 is 32.8 Å². The molecule has 0 amide bonds. The topological polar surface area (TPSA) is 35.9 Å². The maximum atomic E-state index is 10.4. The van der Waals surface area contributed by atoms with Gasteiger partial charge in [-0.1, -0.05) is 235 Å². The van der Waals surface area contributed by atoms with Gasteiger partial charge in [0, 0.05) is 54.0 Å². The van der Waals surface area contributed by atoms with Crippen molar-refractivity contribution in [1.29, 1.82) is 0 Å². The molecule has 11 aromatic carbocycles. The fraction of sp³-hybridized carbons (Fsp3) is 0.111. The van der Waals surface area contributed by atoms with E-state index in [0.717, 1.165) is 16.7 Å². The molecule has 14 aromatic rings. The van der Waals surface area contributed by atoms with Gasteiger partial charge in [-0.25, -0.2) is 4.98 Å². The van der Waals surface area contributed by atoms with Crippen LogP contribution in [-0.2, 0) is 31.9 Å². The van der Waals surface area contributed by atoms with Crippen molar-refractivity contribution in [2.45, 2.75) is 59.2 Å². The van der Waals surface area contributed by atoms with Gasteiger partial charge in [0.1, 0.15) is 5.82 Å². The molecule has 0 spiro atoms. The molecule has 0 aliphatic carbocycles. The summed E-state index contributed by atoms with van der Waals surface area (Å²) in [6, 6.07) is 21.5. The SMILES string of the molecule is [2H]c1c([2H])c([2H])c(-c2cnc(-n3c4[c-]c(Oc5[c-]c(-n6[c-][n+](-c7c(-c8c([2H])c([2H])c([2H])c([2H])c8[2H])cccc7-c7c([2H])c(-c8c([2H])c([2H])c([2H])c([2H])c8[2H])c([2H])c(-c8c([2H])c([2H])c([2H])c([2H])c8[2H])c7[2H])c7ccc(-c8cc(C(C)(C)C)cc(C(C)(C)C)c8)cc76)ccc5)ccc4c4ccccc43)cc2C([2H])([2H])[2H])c([2H])c1[2H].[Pt]. The molecule has 0 radical (unpaired) electrons. The molecule has 0 unspecified atom stereocenters. The van der Waals surface area contributed by atoms with Crippen LogP contribution in [0.5, 0.6) is 11.5 Å². The van der Waals surface area contributed by atoms with E-state index in [4.69, 9.17) is 33.0 Å². The van der Waals surface area contributed by atoms with Crippen molar-refractivity contribution in [2.75, 3.05) is 0 Å². The molecule has 0 saturated heterocycles. The average molecular weight is 1330 g/mol. The number of nitrogens with zero attached hydrogens (tertiary/aromatic N) is 4. The third kappa shape index (κ3) is 10.9. The van der Waals surface area contributed by atoms with Crippen LogP contribution in [0, 0.1) is 25.3 Å². The van der Waals surface area contributed by atoms with Crippen LogP contribution < -0.4 is 9.30 Å². The second-order valence-corrected chi connectivity index (χ2v) is 22.5. The third-order valence-corrected chi connectivity index (χ3v) is 14.9. The number of ether oxygens (including phenoxy) is 1. The standard InChI is InChI=1S/C81H64N4O.Pt/c1-54-42-78(82-52-73(54)58-30-18-11-19-31-58)85-74-37-21-20-34-71(74)72-40-39-68(51-76(72)85)86-67-33-22-32-66(50-67)83-53-84(75-41-38-59(48-77(75)83)62-46-64(80(2,3)4)49-65(47-62)81(5,6)7)79-69(57-28-16-10-17-29-57)35-23-36-70(79)63-44-60(55-24-12-8-13-25-55)43-61(45-63)56-26-14-9-15-27-56;/h8-49,52H,1-7H3;/q-2;/i1D3,8D,9D,10D,11D,12D,13D,14D,15D,16D,17D,18D,19D,24D,25D,26D,27D,28D,29D,30D,31D,43D,44D,45D;. The first-order chi connectivity index (χ1) is 52.6. The number of imidazole rings is 1. The monoisotopic (exact) mass is 1330 g/mol. The molecule has 5 nitrogen and oxygen atoms in total. The van der Waals surface area contributed by atoms with Crippen LogP contribution in [0.25, 0.3) is 117 Å². The van der Waals surface area contributed by atoms with Gasteiger partial charge in [0.05, 0.1) is 48.2 Å². The zero-order valence-electron chi connectivity index (χ0n) is 73.6. The van der Waals surface area contributed by atoms with E-state index in [1.54, 1.807) is 57.7 Å². The molecule has 426 valence electrons. The fourth-order valence-corrected chi connectivity index (χ4v) is 10.5. The molecule has 0 saturated carbocycles. The summed E-state index contributed by atoms with van der Waals surface area (Å²) >= 11 is 0. The van der Waals surface area contributed by atoms with Crippen molar-refractivity contribution in [3.63, 3.8) is 0 Å². The Bertz CT molecular complexity index is 6190. The fourth-order valence-electron chi connectivity index (χ4n) is 10.5. The minimum Gasteiger partial charge on any atom is -0.510 e. The minimum absolute atomic E-state index is 0. The van der Waals surface area contributed by atoms with E-state index in [2.05, 4.69) is 78.2 Å². The Labute approximate surface area is 561 Å². The number of pyridine rings is 1. The van der Waals surface area contributed by atoms with Crippen LogP contribution in [0.2, 0.25) is 0 Å². The van der Waals surface area contributed by atoms with Crippen molar-refractivity contribution in [3.05, 3.63) is 296 Å². The normalized spacial score (nSPS) is 16.1. The Balaban J connectivity index is 0.0000112. The number of rotatable bonds is 11. The smallest absolute Gasteiger partial charge is 0.268 e. The van der Waals surface area contributed by atoms with Crippen LogP contribution >= 0.6 is 0 Å². The number of fused-ring (bicyclic) bond motifs is 4. The summed E-state index contributed by atoms with van der Waals surface area (Å²) in [5.41, 5.74) is -0.668. The number of para-hydroxylation sites is 2. The first-order valence-electron chi connectivity index (χ1n) is 40.5. The van der Waals surface area contributed by atoms with E-state index in [0.29, 0.717) is 32.9 Å². The molecule has 3 heterocycles. The Morgan fingerprint density at radius 1 is 0.483 bits per heavy atom. The van der Waals surface area contributed by atoms with Gasteiger partial charge in [-0.05, 0) is 143 Å². The zero-order valence-corrected chi connectivity index (χ0v) is 49.8. The molecule has 0 fully saturated rings. The third-order valence-electron chi connectivity index (χ3n) is 14.9. The number of aryl methyl sites for hydroxylation is 1. The largest absolute Gasteiger partial charge is 0.510 e. The predicted molar refractivity (Wildman–Crippen MR) is 355 cm³/mol. The molecule has 0 bridgehead atoms. The number of hydrogen-bond donors (Lipinski definition) is 0. The minimum atomic E-state index is -2.90. The van der Waals surface area contributed by atoms with Gasteiger partial charge < -0.3 is 13.9 Å². The summed E-state index contributed by atoms with van der Waals surface area (Å²) in [5, 5.41) is 1.34. The molecular formula is C81H64N4OPt-2. The molecule has 3 aromatic heterocycles. The number of aromatic nitrogens is 4. The van der Waals surface area contributed by atoms with Crippen molar-refractivity contribution in [1.82, 2.24) is 14.1 Å². The molecule has 87 heavy (non-hydrogen) atoms. The summed E-state index contributed by atoms with van der Waals surface area (Å²) in [5.74, 6) is 0.272. The van der Waals surface area contributed by atoms with Gasteiger partial charge in [-0.15, -0.1) is 29.7 Å². The predicted octanol–water partition coefficient (Wildman–Crippen LogP) is 20.5. The van der Waals surface area contributed by atoms with E-state index in [1.165, 1.54) is 35.0 Å². The van der Waals surface area contributed by atoms with E-state index >= 15 is 0 Å². The summed E-state index contributed by atoms with van der Waals surface area (Å²) in [7, 11) is 0. The van der Waals surface area contributed by atoms with Crippen LogP contribution in [0.1, 0.15) is 93.9 Å². The van der Waals surface area contributed by atoms with Gasteiger partial charge in [0.15, 0.2) is 0 Å². The molecule has 14 rings (SSSR count). The molecule has 0 atom stereocenters. The van der Waals surface area contributed by atoms with Crippen LogP contribution in [0.4, 0.5) is 0 Å². The Kier molecular flexibility index (Phi) is 8.94. The molecule has 6 heteroatoms. The first kappa shape index (κ1) is 33.9. The van der Waals surface area contributed by atoms with Gasteiger partial charge in [-0.2, -0.15) is 18.2 Å². The molecule has 0 N–H and O–H groups in total. The van der Waals surface area contributed by atoms with Crippen LogP contribution in [0.3, 0.4) is 0 Å². The van der Waals surface area contributed by atoms with Gasteiger partial charge in [0.25, 0.3) is 6.33 Å². The summed E-state index contributed by atoms with van der Waals surface area (Å²) in [4.78, 5) is 4.71. The van der Waals surface area contributed by atoms with Gasteiger partial charge >= 0.3 is 0 Å². The van der Waals surface area contributed by atoms with Crippen LogP contribution in [0.15, 0.2) is 260 Å². The number of benzene rings is 11. The summed E-state index contributed by atoms with van der Waals surface area (Å²) in [6.45, 7) is 9.71. The molecular weight excluding hydrogens is 1240 g/mol. The van der Waals surface area contributed by atoms with E-state index in [9.17, 15) is 12.3 Å². The first-order valence-corrected chi connectivity index (χ1v) is 27.5. The van der Waals surface area contributed by atoms with E-state index in [1.807, 2.05) is 24.3 Å². The number of hydrogen-bond acceptors (Lipinski definition) is 2. The quantitative estimate of drug-likeness (QED) is 0.0956. The molecule has 0 aliphatic rings. The van der Waals surface area contributed by atoms with E-state index in [-0.39, 0.29) is 93.9 Å². The maximum Gasteiger partial charge on any atom is 0.268 e.